The molecule has 0 aliphatic rings. The van der Waals surface area contributed by atoms with Crippen molar-refractivity contribution in [3.05, 3.63) is 104 Å². The van der Waals surface area contributed by atoms with Gasteiger partial charge in [0, 0.05) is 16.2 Å². The summed E-state index contributed by atoms with van der Waals surface area (Å²) in [6.07, 6.45) is 0. The molecule has 11 heteroatoms. The highest BCUT2D eigenvalue weighted by atomic mass is 79.9. The molecule has 0 unspecified atom stereocenters. The van der Waals surface area contributed by atoms with E-state index in [1.54, 1.807) is 30.3 Å². The van der Waals surface area contributed by atoms with Crippen molar-refractivity contribution < 1.29 is 18.8 Å². The van der Waals surface area contributed by atoms with E-state index >= 15 is 0 Å². The lowest BCUT2D eigenvalue weighted by Crippen LogP contribution is -2.12. The molecule has 38 heavy (non-hydrogen) atoms. The van der Waals surface area contributed by atoms with Gasteiger partial charge < -0.3 is 9.47 Å². The van der Waals surface area contributed by atoms with Crippen LogP contribution in [0.25, 0.3) is 5.69 Å². The Morgan fingerprint density at radius 3 is 2.53 bits per heavy atom. The van der Waals surface area contributed by atoms with Gasteiger partial charge in [-0.15, -0.1) is 10.2 Å². The second kappa shape index (κ2) is 12.4. The van der Waals surface area contributed by atoms with Crippen LogP contribution in [0, 0.1) is 29.8 Å². The van der Waals surface area contributed by atoms with Crippen molar-refractivity contribution in [2.45, 2.75) is 37.8 Å². The molecule has 0 spiro atoms. The molecular weight excluding hydrogens is 575 g/mol. The van der Waals surface area contributed by atoms with Crippen LogP contribution in [0.3, 0.4) is 0 Å². The fourth-order valence-electron chi connectivity index (χ4n) is 3.83. The number of rotatable bonds is 11. The highest BCUT2D eigenvalue weighted by molar-refractivity contribution is 9.10. The van der Waals surface area contributed by atoms with Gasteiger partial charge in [-0.25, -0.2) is 4.39 Å². The molecule has 0 bridgehead atoms. The van der Waals surface area contributed by atoms with Crippen LogP contribution in [0.4, 0.5) is 4.39 Å². The molecule has 4 aromatic rings. The molecule has 0 radical (unpaired) electrons. The van der Waals surface area contributed by atoms with Gasteiger partial charge in [0.15, 0.2) is 16.7 Å². The summed E-state index contributed by atoms with van der Waals surface area (Å²) >= 11 is 4.78. The average Bonchev–Trinajstić information content (AvgIpc) is 3.24. The van der Waals surface area contributed by atoms with Gasteiger partial charge in [-0.05, 0) is 72.6 Å². The number of nitrogens with zero attached hydrogens (tertiary/aromatic N) is 4. The first kappa shape index (κ1) is 27.6. The van der Waals surface area contributed by atoms with Crippen LogP contribution in [0.2, 0.25) is 0 Å². The maximum atomic E-state index is 14.1. The second-order valence-electron chi connectivity index (χ2n) is 8.47. The molecule has 0 saturated carbocycles. The third kappa shape index (κ3) is 6.51. The summed E-state index contributed by atoms with van der Waals surface area (Å²) in [5.41, 5.74) is 3.04. The van der Waals surface area contributed by atoms with E-state index in [1.807, 2.05) is 49.6 Å². The molecule has 3 aromatic carbocycles. The summed E-state index contributed by atoms with van der Waals surface area (Å²) < 4.78 is 28.3. The van der Waals surface area contributed by atoms with Crippen LogP contribution in [0.15, 0.2) is 70.3 Å². The highest BCUT2D eigenvalue weighted by Crippen LogP contribution is 2.43. The van der Waals surface area contributed by atoms with Gasteiger partial charge in [0.25, 0.3) is 0 Å². The Morgan fingerprint density at radius 1 is 1.11 bits per heavy atom. The van der Waals surface area contributed by atoms with E-state index in [4.69, 9.17) is 9.47 Å². The van der Waals surface area contributed by atoms with Gasteiger partial charge in [-0.2, -0.15) is 0 Å². The molecule has 8 nitrogen and oxygen atoms in total. The lowest BCUT2D eigenvalue weighted by molar-refractivity contribution is -0.479. The topological polar surface area (TPSA) is 92.3 Å². The third-order valence-corrected chi connectivity index (χ3v) is 7.45. The van der Waals surface area contributed by atoms with Crippen LogP contribution >= 0.6 is 27.7 Å². The van der Waals surface area contributed by atoms with Crippen LogP contribution in [-0.4, -0.2) is 32.8 Å². The minimum Gasteiger partial charge on any atom is -0.490 e. The molecule has 198 valence electrons. The fraction of sp³-hybridized carbons (Fsp3) is 0.259. The number of halogens is 2. The Labute approximate surface area is 232 Å². The zero-order valence-electron chi connectivity index (χ0n) is 21.1. The predicted octanol–water partition coefficient (Wildman–Crippen LogP) is 6.87. The number of benzene rings is 3. The number of aryl methyl sites for hydroxylation is 2. The zero-order chi connectivity index (χ0) is 27.2. The highest BCUT2D eigenvalue weighted by Gasteiger charge is 2.26. The molecule has 4 rings (SSSR count). The van der Waals surface area contributed by atoms with E-state index in [-0.39, 0.29) is 23.9 Å². The summed E-state index contributed by atoms with van der Waals surface area (Å²) in [5, 5.41) is 20.1. The van der Waals surface area contributed by atoms with Crippen molar-refractivity contribution >= 4 is 27.7 Å². The standard InChI is InChI=1S/C27H26BrFN4O4S/c1-4-36-24-14-20(13-22(28)26(24)37-16-19-7-5-6-8-23(19)29)25(15-32(34)35)38-27-31-30-18(3)33(27)21-11-9-17(2)10-12-21/h5-14,25H,4,15-16H2,1-3H3/t25-/m0/s1. The maximum absolute atomic E-state index is 14.1. The molecule has 1 aromatic heterocycles. The van der Waals surface area contributed by atoms with Crippen LogP contribution in [-0.2, 0) is 6.61 Å². The molecular formula is C27H26BrFN4O4S. The van der Waals surface area contributed by atoms with E-state index in [9.17, 15) is 14.5 Å². The Balaban J connectivity index is 1.67. The van der Waals surface area contributed by atoms with E-state index in [0.29, 0.717) is 44.7 Å². The van der Waals surface area contributed by atoms with E-state index in [1.165, 1.54) is 17.8 Å². The zero-order valence-corrected chi connectivity index (χ0v) is 23.5. The Hall–Kier alpha value is -3.44. The second-order valence-corrected chi connectivity index (χ2v) is 10.5. The van der Waals surface area contributed by atoms with Crippen LogP contribution < -0.4 is 9.47 Å². The third-order valence-electron chi connectivity index (χ3n) is 5.68. The smallest absolute Gasteiger partial charge is 0.220 e. The fourth-order valence-corrected chi connectivity index (χ4v) is 5.55. The maximum Gasteiger partial charge on any atom is 0.220 e. The number of nitro groups is 1. The summed E-state index contributed by atoms with van der Waals surface area (Å²) in [5.74, 6) is 1.10. The van der Waals surface area contributed by atoms with Gasteiger partial charge in [-0.3, -0.25) is 14.7 Å². The Bertz CT molecular complexity index is 1430. The quantitative estimate of drug-likeness (QED) is 0.105. The van der Waals surface area contributed by atoms with Gasteiger partial charge >= 0.3 is 0 Å². The predicted molar refractivity (Wildman–Crippen MR) is 147 cm³/mol. The summed E-state index contributed by atoms with van der Waals surface area (Å²) in [7, 11) is 0. The van der Waals surface area contributed by atoms with Gasteiger partial charge in [0.05, 0.1) is 11.1 Å². The summed E-state index contributed by atoms with van der Waals surface area (Å²) in [6.45, 7) is 5.67. The number of ether oxygens (including phenoxy) is 2. The van der Waals surface area contributed by atoms with Gasteiger partial charge in [0.1, 0.15) is 23.5 Å². The van der Waals surface area contributed by atoms with Crippen molar-refractivity contribution in [3.8, 4) is 17.2 Å². The van der Waals surface area contributed by atoms with Crippen LogP contribution in [0.5, 0.6) is 11.5 Å². The largest absolute Gasteiger partial charge is 0.490 e. The number of thioether (sulfide) groups is 1. The molecule has 0 aliphatic heterocycles. The van der Waals surface area contributed by atoms with Gasteiger partial charge in [-0.1, -0.05) is 47.7 Å². The minimum atomic E-state index is -0.603. The molecule has 0 saturated heterocycles. The molecule has 0 N–H and O–H groups in total. The molecule has 0 fully saturated rings. The van der Waals surface area contributed by atoms with Crippen molar-refractivity contribution in [3.63, 3.8) is 0 Å². The first-order valence-corrected chi connectivity index (χ1v) is 13.5. The van der Waals surface area contributed by atoms with Crippen molar-refractivity contribution in [2.75, 3.05) is 13.2 Å². The number of hydrogen-bond acceptors (Lipinski definition) is 7. The first-order chi connectivity index (χ1) is 18.3. The van der Waals surface area contributed by atoms with E-state index in [0.717, 1.165) is 11.3 Å². The SMILES string of the molecule is CCOc1cc([C@H](C[N+](=O)[O-])Sc2nnc(C)n2-c2ccc(C)cc2)cc(Br)c1OCc1ccccc1F. The van der Waals surface area contributed by atoms with Crippen LogP contribution in [0.1, 0.15) is 34.7 Å². The lowest BCUT2D eigenvalue weighted by atomic mass is 10.1. The Kier molecular flexibility index (Phi) is 9.01. The molecule has 0 amide bonds. The van der Waals surface area contributed by atoms with E-state index in [2.05, 4.69) is 26.1 Å². The van der Waals surface area contributed by atoms with Gasteiger partial charge in [0.2, 0.25) is 6.54 Å². The lowest BCUT2D eigenvalue weighted by Gasteiger charge is -2.19. The monoisotopic (exact) mass is 600 g/mol. The number of aromatic nitrogens is 3. The molecule has 0 aliphatic carbocycles. The van der Waals surface area contributed by atoms with Crippen molar-refractivity contribution in [2.24, 2.45) is 0 Å². The Morgan fingerprint density at radius 2 is 1.84 bits per heavy atom. The molecule has 1 heterocycles. The normalized spacial score (nSPS) is 11.8. The number of hydrogen-bond donors (Lipinski definition) is 0. The van der Waals surface area contributed by atoms with Crippen molar-refractivity contribution in [1.82, 2.24) is 14.8 Å². The molecule has 1 atom stereocenters. The van der Waals surface area contributed by atoms with Crippen molar-refractivity contribution in [1.29, 1.82) is 0 Å². The minimum absolute atomic E-state index is 0.00327. The average molecular weight is 601 g/mol. The summed E-state index contributed by atoms with van der Waals surface area (Å²) in [4.78, 5) is 11.3. The first-order valence-electron chi connectivity index (χ1n) is 11.9. The van der Waals surface area contributed by atoms with E-state index < -0.39 is 5.25 Å². The summed E-state index contributed by atoms with van der Waals surface area (Å²) in [6, 6.07) is 17.8.